The first-order chi connectivity index (χ1) is 5.15. The molecule has 1 atom stereocenters. The molecule has 0 aromatic rings. The van der Waals surface area contributed by atoms with E-state index in [9.17, 15) is 4.79 Å². The molecule has 3 nitrogen and oxygen atoms in total. The lowest BCUT2D eigenvalue weighted by Crippen LogP contribution is -2.52. The third-order valence-corrected chi connectivity index (χ3v) is 2.41. The van der Waals surface area contributed by atoms with Crippen LogP contribution in [0, 0.1) is 0 Å². The van der Waals surface area contributed by atoms with Crippen molar-refractivity contribution >= 4 is 5.91 Å². The molecular formula is C8H16N2O. The van der Waals surface area contributed by atoms with Gasteiger partial charge in [0.05, 0.1) is 5.54 Å². The van der Waals surface area contributed by atoms with E-state index in [1.54, 1.807) is 0 Å². The zero-order valence-corrected chi connectivity index (χ0v) is 7.02. The molecule has 11 heavy (non-hydrogen) atoms. The van der Waals surface area contributed by atoms with Crippen molar-refractivity contribution in [2.45, 2.75) is 38.1 Å². The van der Waals surface area contributed by atoms with Crippen LogP contribution in [0.4, 0.5) is 0 Å². The summed E-state index contributed by atoms with van der Waals surface area (Å²) in [4.78, 5) is 11.0. The Hall–Kier alpha value is -0.570. The average molecular weight is 156 g/mol. The third kappa shape index (κ3) is 1.93. The Morgan fingerprint density at radius 3 is 2.82 bits per heavy atom. The second-order valence-corrected chi connectivity index (χ2v) is 3.43. The number of hydrogen-bond acceptors (Lipinski definition) is 2. The second-order valence-electron chi connectivity index (χ2n) is 3.43. The number of nitrogens with one attached hydrogen (secondary N) is 1. The number of hydrogen-bond donors (Lipinski definition) is 2. The number of carbonyl (C=O) groups excluding carboxylic acids is 1. The summed E-state index contributed by atoms with van der Waals surface area (Å²) in [6.07, 6.45) is 4.34. The van der Waals surface area contributed by atoms with Crippen molar-refractivity contribution in [3.63, 3.8) is 0 Å². The van der Waals surface area contributed by atoms with E-state index in [0.29, 0.717) is 0 Å². The van der Waals surface area contributed by atoms with Gasteiger partial charge in [0.2, 0.25) is 5.91 Å². The average Bonchev–Trinajstić information content (AvgIpc) is 2.15. The first kappa shape index (κ1) is 8.53. The van der Waals surface area contributed by atoms with Crippen molar-refractivity contribution in [2.75, 3.05) is 6.54 Å². The Bertz CT molecular complexity index is 148. The van der Waals surface area contributed by atoms with E-state index in [-0.39, 0.29) is 5.91 Å². The van der Waals surface area contributed by atoms with Gasteiger partial charge in [-0.05, 0) is 26.3 Å². The first-order valence-electron chi connectivity index (χ1n) is 4.20. The van der Waals surface area contributed by atoms with Gasteiger partial charge in [-0.2, -0.15) is 0 Å². The summed E-state index contributed by atoms with van der Waals surface area (Å²) in [5.41, 5.74) is 4.82. The van der Waals surface area contributed by atoms with Crippen LogP contribution in [-0.2, 0) is 4.79 Å². The summed E-state index contributed by atoms with van der Waals surface area (Å²) < 4.78 is 0. The van der Waals surface area contributed by atoms with Crippen molar-refractivity contribution in [3.8, 4) is 0 Å². The number of primary amides is 1. The number of nitrogens with two attached hydrogens (primary N) is 1. The minimum atomic E-state index is -0.448. The van der Waals surface area contributed by atoms with Crippen LogP contribution in [0.15, 0.2) is 0 Å². The quantitative estimate of drug-likeness (QED) is 0.577. The molecule has 0 aliphatic carbocycles. The van der Waals surface area contributed by atoms with Crippen molar-refractivity contribution in [3.05, 3.63) is 0 Å². The normalized spacial score (nSPS) is 32.8. The maximum Gasteiger partial charge on any atom is 0.237 e. The van der Waals surface area contributed by atoms with Crippen LogP contribution < -0.4 is 11.1 Å². The zero-order chi connectivity index (χ0) is 8.32. The van der Waals surface area contributed by atoms with Gasteiger partial charge in [-0.15, -0.1) is 0 Å². The maximum absolute atomic E-state index is 11.0. The fourth-order valence-corrected chi connectivity index (χ4v) is 1.44. The Labute approximate surface area is 67.3 Å². The fourth-order valence-electron chi connectivity index (χ4n) is 1.44. The van der Waals surface area contributed by atoms with Gasteiger partial charge < -0.3 is 11.1 Å². The van der Waals surface area contributed by atoms with Crippen molar-refractivity contribution in [1.82, 2.24) is 5.32 Å². The Morgan fingerprint density at radius 1 is 1.45 bits per heavy atom. The molecule has 0 radical (unpaired) electrons. The number of amides is 1. The molecule has 3 heteroatoms. The summed E-state index contributed by atoms with van der Waals surface area (Å²) in [7, 11) is 0. The summed E-state index contributed by atoms with van der Waals surface area (Å²) >= 11 is 0. The lowest BCUT2D eigenvalue weighted by Gasteiger charge is -2.24. The molecule has 0 spiro atoms. The highest BCUT2D eigenvalue weighted by molar-refractivity contribution is 5.84. The van der Waals surface area contributed by atoms with E-state index in [4.69, 9.17) is 5.73 Å². The van der Waals surface area contributed by atoms with E-state index >= 15 is 0 Å². The summed E-state index contributed by atoms with van der Waals surface area (Å²) in [5, 5.41) is 3.18. The molecule has 3 N–H and O–H groups in total. The number of carbonyl (C=O) groups is 1. The molecule has 1 aliphatic heterocycles. The summed E-state index contributed by atoms with van der Waals surface area (Å²) in [6, 6.07) is 0. The van der Waals surface area contributed by atoms with E-state index < -0.39 is 5.54 Å². The molecule has 1 heterocycles. The van der Waals surface area contributed by atoms with Crippen LogP contribution in [0.25, 0.3) is 0 Å². The van der Waals surface area contributed by atoms with Gasteiger partial charge in [-0.3, -0.25) is 4.79 Å². The molecule has 1 aliphatic rings. The van der Waals surface area contributed by atoms with E-state index in [1.807, 2.05) is 6.92 Å². The summed E-state index contributed by atoms with van der Waals surface area (Å²) in [5.74, 6) is -0.223. The molecule has 64 valence electrons. The zero-order valence-electron chi connectivity index (χ0n) is 7.02. The Kier molecular flexibility index (Phi) is 2.49. The van der Waals surface area contributed by atoms with Crippen LogP contribution >= 0.6 is 0 Å². The predicted molar refractivity (Wildman–Crippen MR) is 44.1 cm³/mol. The molecule has 1 fully saturated rings. The monoisotopic (exact) mass is 156 g/mol. The molecule has 0 aromatic carbocycles. The molecule has 1 amide bonds. The van der Waals surface area contributed by atoms with Crippen LogP contribution in [0.3, 0.4) is 0 Å². The molecule has 1 rings (SSSR count). The van der Waals surface area contributed by atoms with Crippen molar-refractivity contribution < 1.29 is 4.79 Å². The van der Waals surface area contributed by atoms with Gasteiger partial charge >= 0.3 is 0 Å². The highest BCUT2D eigenvalue weighted by Crippen LogP contribution is 2.17. The molecular weight excluding hydrogens is 140 g/mol. The topological polar surface area (TPSA) is 55.1 Å². The van der Waals surface area contributed by atoms with Crippen LogP contribution in [0.1, 0.15) is 32.6 Å². The van der Waals surface area contributed by atoms with E-state index in [1.165, 1.54) is 6.42 Å². The molecule has 0 aromatic heterocycles. The van der Waals surface area contributed by atoms with Gasteiger partial charge in [0, 0.05) is 0 Å². The lowest BCUT2D eigenvalue weighted by molar-refractivity contribution is -0.123. The smallest absolute Gasteiger partial charge is 0.237 e. The second kappa shape index (κ2) is 3.22. The van der Waals surface area contributed by atoms with Gasteiger partial charge in [-0.25, -0.2) is 0 Å². The van der Waals surface area contributed by atoms with Crippen molar-refractivity contribution in [1.29, 1.82) is 0 Å². The lowest BCUT2D eigenvalue weighted by atomic mass is 9.95. The van der Waals surface area contributed by atoms with E-state index in [2.05, 4.69) is 5.32 Å². The molecule has 0 bridgehead atoms. The Balaban J connectivity index is 2.59. The first-order valence-corrected chi connectivity index (χ1v) is 4.20. The predicted octanol–water partition coefficient (Wildman–Crippen LogP) is 0.394. The molecule has 1 saturated heterocycles. The van der Waals surface area contributed by atoms with Crippen LogP contribution in [0.2, 0.25) is 0 Å². The SMILES string of the molecule is CC1(C(N)=O)CCCCCN1. The van der Waals surface area contributed by atoms with Crippen LogP contribution in [-0.4, -0.2) is 18.0 Å². The molecule has 1 unspecified atom stereocenters. The highest BCUT2D eigenvalue weighted by Gasteiger charge is 2.30. The van der Waals surface area contributed by atoms with Gasteiger partial charge in [0.1, 0.15) is 0 Å². The van der Waals surface area contributed by atoms with Gasteiger partial charge in [0.25, 0.3) is 0 Å². The Morgan fingerprint density at radius 2 is 2.18 bits per heavy atom. The number of rotatable bonds is 1. The maximum atomic E-state index is 11.0. The largest absolute Gasteiger partial charge is 0.368 e. The van der Waals surface area contributed by atoms with Gasteiger partial charge in [-0.1, -0.05) is 12.8 Å². The molecule has 0 saturated carbocycles. The minimum Gasteiger partial charge on any atom is -0.368 e. The minimum absolute atomic E-state index is 0.223. The fraction of sp³-hybridized carbons (Fsp3) is 0.875. The highest BCUT2D eigenvalue weighted by atomic mass is 16.1. The standard InChI is InChI=1S/C8H16N2O/c1-8(7(9)11)5-3-2-4-6-10-8/h10H,2-6H2,1H3,(H2,9,11). The third-order valence-electron chi connectivity index (χ3n) is 2.41. The summed E-state index contributed by atoms with van der Waals surface area (Å²) in [6.45, 7) is 2.81. The van der Waals surface area contributed by atoms with E-state index in [0.717, 1.165) is 25.8 Å². The van der Waals surface area contributed by atoms with Crippen LogP contribution in [0.5, 0.6) is 0 Å². The van der Waals surface area contributed by atoms with Gasteiger partial charge in [0.15, 0.2) is 0 Å². The van der Waals surface area contributed by atoms with Crippen molar-refractivity contribution in [2.24, 2.45) is 5.73 Å².